The molecule has 1 unspecified atom stereocenters. The van der Waals surface area contributed by atoms with Gasteiger partial charge in [-0.15, -0.1) is 0 Å². The Hall–Kier alpha value is -1.71. The number of nitrogens with zero attached hydrogens (tertiary/aromatic N) is 2. The van der Waals surface area contributed by atoms with E-state index in [0.29, 0.717) is 13.1 Å². The van der Waals surface area contributed by atoms with Crippen molar-refractivity contribution in [1.82, 2.24) is 4.90 Å². The molecule has 1 aromatic carbocycles. The lowest BCUT2D eigenvalue weighted by Gasteiger charge is -2.37. The molecule has 1 aliphatic heterocycles. The van der Waals surface area contributed by atoms with Crippen LogP contribution in [-0.2, 0) is 11.3 Å². The number of carbonyl (C=O) groups is 1. The topological polar surface area (TPSA) is 49.7 Å². The van der Waals surface area contributed by atoms with Crippen LogP contribution in [0.4, 0.5) is 0 Å². The average molecular weight is 244 g/mol. The molecular weight excluding hydrogens is 228 g/mol. The number of benzene rings is 1. The third-order valence-electron chi connectivity index (χ3n) is 4.33. The van der Waals surface area contributed by atoms with Crippen LogP contribution < -0.4 is 0 Å². The van der Waals surface area contributed by atoms with Crippen molar-refractivity contribution in [2.24, 2.45) is 10.6 Å². The highest BCUT2D eigenvalue weighted by Gasteiger charge is 2.58. The quantitative estimate of drug-likeness (QED) is 0.766. The minimum absolute atomic E-state index is 0.127. The molecule has 0 N–H and O–H groups in total. The van der Waals surface area contributed by atoms with Crippen LogP contribution in [0.5, 0.6) is 0 Å². The van der Waals surface area contributed by atoms with Gasteiger partial charge in [-0.25, -0.2) is 0 Å². The molecule has 18 heavy (non-hydrogen) atoms. The minimum Gasteiger partial charge on any atom is -0.336 e. The zero-order chi connectivity index (χ0) is 12.6. The smallest absolute Gasteiger partial charge is 0.231 e. The highest BCUT2D eigenvalue weighted by molar-refractivity contribution is 5.87. The van der Waals surface area contributed by atoms with Gasteiger partial charge in [0.15, 0.2) is 0 Å². The van der Waals surface area contributed by atoms with Gasteiger partial charge >= 0.3 is 0 Å². The van der Waals surface area contributed by atoms with Crippen molar-refractivity contribution in [3.05, 3.63) is 40.8 Å². The molecule has 0 bridgehead atoms. The van der Waals surface area contributed by atoms with Crippen LogP contribution in [0.15, 0.2) is 35.5 Å². The van der Waals surface area contributed by atoms with Crippen LogP contribution in [0.3, 0.4) is 0 Å². The second-order valence-corrected chi connectivity index (χ2v) is 5.30. The highest BCUT2D eigenvalue weighted by Crippen LogP contribution is 2.50. The second-order valence-electron chi connectivity index (χ2n) is 5.30. The van der Waals surface area contributed by atoms with Crippen LogP contribution >= 0.6 is 0 Å². The molecule has 1 saturated carbocycles. The standard InChI is InChI=1S/C14H16N2O2/c17-13-14(7-4-8-14)12(15-18)10-16(13)9-11-5-2-1-3-6-11/h1-3,5-6,12H,4,7-10H2. The summed E-state index contributed by atoms with van der Waals surface area (Å²) in [6, 6.07) is 9.54. The summed E-state index contributed by atoms with van der Waals surface area (Å²) in [6.45, 7) is 1.07. The number of hydrogen-bond donors (Lipinski definition) is 0. The van der Waals surface area contributed by atoms with Gasteiger partial charge in [0.2, 0.25) is 5.91 Å². The van der Waals surface area contributed by atoms with Gasteiger partial charge in [-0.05, 0) is 18.4 Å². The Kier molecular flexibility index (Phi) is 2.65. The number of carbonyl (C=O) groups excluding carboxylic acids is 1. The number of likely N-dealkylation sites (tertiary alicyclic amines) is 1. The monoisotopic (exact) mass is 244 g/mol. The van der Waals surface area contributed by atoms with E-state index in [1.54, 1.807) is 4.90 Å². The van der Waals surface area contributed by atoms with Gasteiger partial charge in [-0.1, -0.05) is 41.9 Å². The summed E-state index contributed by atoms with van der Waals surface area (Å²) in [5.41, 5.74) is 0.656. The summed E-state index contributed by atoms with van der Waals surface area (Å²) >= 11 is 0. The van der Waals surface area contributed by atoms with Gasteiger partial charge < -0.3 is 4.90 Å². The van der Waals surface area contributed by atoms with E-state index in [4.69, 9.17) is 0 Å². The first-order valence-electron chi connectivity index (χ1n) is 6.42. The summed E-state index contributed by atoms with van der Waals surface area (Å²) in [5.74, 6) is 0.127. The van der Waals surface area contributed by atoms with Crippen molar-refractivity contribution in [2.75, 3.05) is 6.54 Å². The van der Waals surface area contributed by atoms with Crippen LogP contribution in [0.1, 0.15) is 24.8 Å². The maximum atomic E-state index is 12.4. The van der Waals surface area contributed by atoms with Crippen molar-refractivity contribution in [1.29, 1.82) is 0 Å². The minimum atomic E-state index is -0.448. The Morgan fingerprint density at radius 2 is 2.00 bits per heavy atom. The molecule has 3 rings (SSSR count). The molecule has 1 heterocycles. The maximum Gasteiger partial charge on any atom is 0.231 e. The van der Waals surface area contributed by atoms with Crippen molar-refractivity contribution in [3.8, 4) is 0 Å². The molecule has 1 spiro atoms. The predicted molar refractivity (Wildman–Crippen MR) is 67.7 cm³/mol. The number of hydrogen-bond acceptors (Lipinski definition) is 3. The van der Waals surface area contributed by atoms with E-state index in [-0.39, 0.29) is 11.9 Å². The second kappa shape index (κ2) is 4.19. The fraction of sp³-hybridized carbons (Fsp3) is 0.500. The fourth-order valence-corrected chi connectivity index (χ4v) is 3.10. The third-order valence-corrected chi connectivity index (χ3v) is 4.33. The van der Waals surface area contributed by atoms with Crippen molar-refractivity contribution < 1.29 is 4.79 Å². The summed E-state index contributed by atoms with van der Waals surface area (Å²) in [5, 5.41) is 3.19. The lowest BCUT2D eigenvalue weighted by molar-refractivity contribution is -0.140. The molecule has 1 aliphatic carbocycles. The first-order chi connectivity index (χ1) is 8.76. The van der Waals surface area contributed by atoms with Crippen molar-refractivity contribution in [3.63, 3.8) is 0 Å². The van der Waals surface area contributed by atoms with Gasteiger partial charge in [0.1, 0.15) is 6.04 Å². The van der Waals surface area contributed by atoms with E-state index >= 15 is 0 Å². The van der Waals surface area contributed by atoms with E-state index in [9.17, 15) is 9.70 Å². The summed E-state index contributed by atoms with van der Waals surface area (Å²) in [6.07, 6.45) is 2.69. The Bertz CT molecular complexity index is 468. The predicted octanol–water partition coefficient (Wildman–Crippen LogP) is 2.33. The average Bonchev–Trinajstić information content (AvgIpc) is 2.63. The van der Waals surface area contributed by atoms with Gasteiger partial charge in [-0.3, -0.25) is 4.79 Å². The van der Waals surface area contributed by atoms with Gasteiger partial charge in [0.25, 0.3) is 0 Å². The molecular formula is C14H16N2O2. The Morgan fingerprint density at radius 1 is 1.28 bits per heavy atom. The van der Waals surface area contributed by atoms with Crippen molar-refractivity contribution >= 4 is 5.91 Å². The maximum absolute atomic E-state index is 12.4. The summed E-state index contributed by atoms with van der Waals surface area (Å²) in [4.78, 5) is 25.1. The van der Waals surface area contributed by atoms with Gasteiger partial charge in [0.05, 0.1) is 5.41 Å². The summed E-state index contributed by atoms with van der Waals surface area (Å²) in [7, 11) is 0. The molecule has 1 amide bonds. The molecule has 0 aromatic heterocycles. The Morgan fingerprint density at radius 3 is 2.50 bits per heavy atom. The highest BCUT2D eigenvalue weighted by atomic mass is 16.3. The van der Waals surface area contributed by atoms with Crippen LogP contribution in [0, 0.1) is 10.3 Å². The van der Waals surface area contributed by atoms with Crippen molar-refractivity contribution in [2.45, 2.75) is 31.8 Å². The molecule has 1 aromatic rings. The SMILES string of the molecule is O=NC1CN(Cc2ccccc2)C(=O)C12CCC2. The molecule has 94 valence electrons. The third kappa shape index (κ3) is 1.55. The zero-order valence-corrected chi connectivity index (χ0v) is 10.2. The molecule has 1 atom stereocenters. The van der Waals surface area contributed by atoms with E-state index in [1.165, 1.54) is 0 Å². The largest absolute Gasteiger partial charge is 0.336 e. The molecule has 4 heteroatoms. The first-order valence-corrected chi connectivity index (χ1v) is 6.42. The molecule has 2 aliphatic rings. The van der Waals surface area contributed by atoms with Gasteiger partial charge in [0, 0.05) is 13.1 Å². The Balaban J connectivity index is 1.79. The zero-order valence-electron chi connectivity index (χ0n) is 10.2. The van der Waals surface area contributed by atoms with Crippen LogP contribution in [0.2, 0.25) is 0 Å². The van der Waals surface area contributed by atoms with E-state index < -0.39 is 5.41 Å². The van der Waals surface area contributed by atoms with E-state index in [0.717, 1.165) is 24.8 Å². The number of nitroso groups, excluding NO2 is 1. The lowest BCUT2D eigenvalue weighted by atomic mass is 9.65. The van der Waals surface area contributed by atoms with E-state index in [1.807, 2.05) is 30.3 Å². The number of amides is 1. The fourth-order valence-electron chi connectivity index (χ4n) is 3.10. The van der Waals surface area contributed by atoms with E-state index in [2.05, 4.69) is 5.18 Å². The first kappa shape index (κ1) is 11.4. The molecule has 2 fully saturated rings. The molecule has 4 nitrogen and oxygen atoms in total. The lowest BCUT2D eigenvalue weighted by Crippen LogP contribution is -2.43. The summed E-state index contributed by atoms with van der Waals surface area (Å²) < 4.78 is 0. The molecule has 0 radical (unpaired) electrons. The van der Waals surface area contributed by atoms with Crippen LogP contribution in [-0.4, -0.2) is 23.4 Å². The normalized spacial score (nSPS) is 25.2. The van der Waals surface area contributed by atoms with Gasteiger partial charge in [-0.2, -0.15) is 4.91 Å². The number of rotatable bonds is 3. The van der Waals surface area contributed by atoms with Crippen LogP contribution in [0.25, 0.3) is 0 Å². The molecule has 1 saturated heterocycles. The Labute approximate surface area is 106 Å².